The van der Waals surface area contributed by atoms with E-state index in [-0.39, 0.29) is 30.9 Å². The zero-order valence-corrected chi connectivity index (χ0v) is 14.7. The number of urea groups is 1. The Labute approximate surface area is 149 Å². The molecule has 7 nitrogen and oxygen atoms in total. The molecular formula is C16H26ClN5O2. The third-order valence-electron chi connectivity index (χ3n) is 3.65. The van der Waals surface area contributed by atoms with Crippen molar-refractivity contribution in [3.05, 3.63) is 29.8 Å². The highest BCUT2D eigenvalue weighted by molar-refractivity contribution is 5.92. The van der Waals surface area contributed by atoms with Crippen LogP contribution in [0.4, 0.5) is 10.5 Å². The second-order valence-corrected chi connectivity index (χ2v) is 5.62. The van der Waals surface area contributed by atoms with Crippen molar-refractivity contribution < 1.29 is 9.59 Å². The Morgan fingerprint density at radius 2 is 1.96 bits per heavy atom. The summed E-state index contributed by atoms with van der Waals surface area (Å²) in [5.41, 5.74) is 1.77. The molecule has 8 heteroatoms. The number of benzene rings is 1. The normalized spacial score (nSPS) is 14.4. The molecule has 1 heterocycles. The van der Waals surface area contributed by atoms with Gasteiger partial charge in [-0.25, -0.2) is 4.79 Å². The van der Waals surface area contributed by atoms with E-state index in [4.69, 9.17) is 0 Å². The number of aryl methyl sites for hydroxylation is 1. The standard InChI is InChI=1S/C16H25N5O2.ClH/c1-13-3-2-4-14(11-13)20-16(23)19-12-15(22)18-7-10-21-8-5-17-6-9-21;/h2-4,11,17H,5-10,12H2,1H3,(H,18,22)(H2,19,20,23);1H. The summed E-state index contributed by atoms with van der Waals surface area (Å²) in [5.74, 6) is -0.181. The van der Waals surface area contributed by atoms with Gasteiger partial charge in [-0.05, 0) is 24.6 Å². The molecule has 2 rings (SSSR count). The molecular weight excluding hydrogens is 330 g/mol. The van der Waals surface area contributed by atoms with Crippen molar-refractivity contribution in [1.29, 1.82) is 0 Å². The van der Waals surface area contributed by atoms with Gasteiger partial charge < -0.3 is 21.3 Å². The second kappa shape index (κ2) is 10.9. The molecule has 1 aromatic carbocycles. The van der Waals surface area contributed by atoms with Gasteiger partial charge >= 0.3 is 6.03 Å². The average Bonchev–Trinajstić information content (AvgIpc) is 2.54. The Kier molecular flexibility index (Phi) is 9.14. The number of nitrogens with one attached hydrogen (secondary N) is 4. The predicted molar refractivity (Wildman–Crippen MR) is 97.8 cm³/mol. The minimum Gasteiger partial charge on any atom is -0.353 e. The Morgan fingerprint density at radius 1 is 1.21 bits per heavy atom. The van der Waals surface area contributed by atoms with Gasteiger partial charge in [0.1, 0.15) is 0 Å². The van der Waals surface area contributed by atoms with Crippen LogP contribution in [-0.2, 0) is 4.79 Å². The van der Waals surface area contributed by atoms with E-state index in [1.807, 2.05) is 25.1 Å². The second-order valence-electron chi connectivity index (χ2n) is 5.62. The monoisotopic (exact) mass is 355 g/mol. The Bertz CT molecular complexity index is 535. The molecule has 1 saturated heterocycles. The van der Waals surface area contributed by atoms with E-state index in [2.05, 4.69) is 26.2 Å². The number of hydrogen-bond acceptors (Lipinski definition) is 4. The Morgan fingerprint density at radius 3 is 2.67 bits per heavy atom. The van der Waals surface area contributed by atoms with Gasteiger partial charge in [0.05, 0.1) is 6.54 Å². The third-order valence-corrected chi connectivity index (χ3v) is 3.65. The van der Waals surface area contributed by atoms with Crippen molar-refractivity contribution in [2.75, 3.05) is 51.1 Å². The molecule has 0 radical (unpaired) electrons. The molecule has 1 aromatic rings. The molecule has 134 valence electrons. The van der Waals surface area contributed by atoms with Crippen molar-refractivity contribution in [3.8, 4) is 0 Å². The van der Waals surface area contributed by atoms with Gasteiger partial charge in [-0.15, -0.1) is 12.4 Å². The molecule has 1 aliphatic rings. The molecule has 3 amide bonds. The molecule has 0 spiro atoms. The lowest BCUT2D eigenvalue weighted by molar-refractivity contribution is -0.120. The van der Waals surface area contributed by atoms with Gasteiger partial charge in [0.2, 0.25) is 5.91 Å². The van der Waals surface area contributed by atoms with Gasteiger partial charge in [0, 0.05) is 45.0 Å². The highest BCUT2D eigenvalue weighted by Gasteiger charge is 2.10. The average molecular weight is 356 g/mol. The number of anilines is 1. The first-order chi connectivity index (χ1) is 11.1. The van der Waals surface area contributed by atoms with Gasteiger partial charge in [-0.2, -0.15) is 0 Å². The fraction of sp³-hybridized carbons (Fsp3) is 0.500. The highest BCUT2D eigenvalue weighted by atomic mass is 35.5. The number of amides is 3. The fourth-order valence-electron chi connectivity index (χ4n) is 2.41. The minimum atomic E-state index is -0.382. The summed E-state index contributed by atoms with van der Waals surface area (Å²) in [5, 5.41) is 11.4. The number of carbonyl (C=O) groups excluding carboxylic acids is 2. The van der Waals surface area contributed by atoms with Crippen molar-refractivity contribution in [1.82, 2.24) is 20.9 Å². The van der Waals surface area contributed by atoms with Crippen molar-refractivity contribution in [3.63, 3.8) is 0 Å². The zero-order valence-electron chi connectivity index (χ0n) is 13.9. The fourth-order valence-corrected chi connectivity index (χ4v) is 2.41. The Hall–Kier alpha value is -1.83. The van der Waals surface area contributed by atoms with Gasteiger partial charge in [-0.3, -0.25) is 9.69 Å². The third kappa shape index (κ3) is 7.63. The van der Waals surface area contributed by atoms with Crippen molar-refractivity contribution >= 4 is 30.0 Å². The first-order valence-electron chi connectivity index (χ1n) is 7.95. The zero-order chi connectivity index (χ0) is 16.5. The summed E-state index contributed by atoms with van der Waals surface area (Å²) in [6, 6.07) is 7.11. The first kappa shape index (κ1) is 20.2. The maximum atomic E-state index is 11.7. The largest absolute Gasteiger partial charge is 0.353 e. The molecule has 0 unspecified atom stereocenters. The van der Waals surface area contributed by atoms with E-state index in [0.29, 0.717) is 12.2 Å². The maximum Gasteiger partial charge on any atom is 0.319 e. The molecule has 1 aliphatic heterocycles. The Balaban J connectivity index is 0.00000288. The first-order valence-corrected chi connectivity index (χ1v) is 7.95. The number of halogens is 1. The summed E-state index contributed by atoms with van der Waals surface area (Å²) >= 11 is 0. The topological polar surface area (TPSA) is 85.5 Å². The summed E-state index contributed by atoms with van der Waals surface area (Å²) in [7, 11) is 0. The van der Waals surface area contributed by atoms with Crippen LogP contribution >= 0.6 is 12.4 Å². The molecule has 0 atom stereocenters. The molecule has 0 aliphatic carbocycles. The number of nitrogens with zero attached hydrogens (tertiary/aromatic N) is 1. The van der Waals surface area contributed by atoms with Crippen LogP contribution in [0.1, 0.15) is 5.56 Å². The van der Waals surface area contributed by atoms with Crippen LogP contribution in [0.15, 0.2) is 24.3 Å². The van der Waals surface area contributed by atoms with E-state index in [1.165, 1.54) is 0 Å². The number of piperazine rings is 1. The molecule has 0 bridgehead atoms. The number of carbonyl (C=O) groups is 2. The van der Waals surface area contributed by atoms with Crippen LogP contribution in [0.3, 0.4) is 0 Å². The van der Waals surface area contributed by atoms with E-state index in [9.17, 15) is 9.59 Å². The highest BCUT2D eigenvalue weighted by Crippen LogP contribution is 2.08. The van der Waals surface area contributed by atoms with Crippen LogP contribution in [0.5, 0.6) is 0 Å². The molecule has 4 N–H and O–H groups in total. The van der Waals surface area contributed by atoms with Crippen LogP contribution < -0.4 is 21.3 Å². The SMILES string of the molecule is Cc1cccc(NC(=O)NCC(=O)NCCN2CCNCC2)c1.Cl. The van der Waals surface area contributed by atoms with Crippen molar-refractivity contribution in [2.45, 2.75) is 6.92 Å². The summed E-state index contributed by atoms with van der Waals surface area (Å²) < 4.78 is 0. The smallest absolute Gasteiger partial charge is 0.319 e. The summed E-state index contributed by atoms with van der Waals surface area (Å²) in [6.07, 6.45) is 0. The lowest BCUT2D eigenvalue weighted by Crippen LogP contribution is -2.47. The van der Waals surface area contributed by atoms with Crippen LogP contribution in [-0.4, -0.2) is 62.7 Å². The predicted octanol–water partition coefficient (Wildman–Crippen LogP) is 0.560. The van der Waals surface area contributed by atoms with Gasteiger partial charge in [-0.1, -0.05) is 12.1 Å². The lowest BCUT2D eigenvalue weighted by atomic mass is 10.2. The maximum absolute atomic E-state index is 11.7. The molecule has 0 aromatic heterocycles. The van der Waals surface area contributed by atoms with Gasteiger partial charge in [0.15, 0.2) is 0 Å². The van der Waals surface area contributed by atoms with Crippen LogP contribution in [0.2, 0.25) is 0 Å². The van der Waals surface area contributed by atoms with Crippen molar-refractivity contribution in [2.24, 2.45) is 0 Å². The molecule has 0 saturated carbocycles. The number of rotatable bonds is 6. The van der Waals surface area contributed by atoms with Crippen LogP contribution in [0.25, 0.3) is 0 Å². The quantitative estimate of drug-likeness (QED) is 0.600. The molecule has 1 fully saturated rings. The summed E-state index contributed by atoms with van der Waals surface area (Å²) in [4.78, 5) is 25.7. The van der Waals surface area contributed by atoms with E-state index in [1.54, 1.807) is 6.07 Å². The van der Waals surface area contributed by atoms with E-state index in [0.717, 1.165) is 38.3 Å². The number of hydrogen-bond donors (Lipinski definition) is 4. The van der Waals surface area contributed by atoms with E-state index < -0.39 is 0 Å². The minimum absolute atomic E-state index is 0. The molecule has 24 heavy (non-hydrogen) atoms. The summed E-state index contributed by atoms with van der Waals surface area (Å²) in [6.45, 7) is 7.36. The van der Waals surface area contributed by atoms with E-state index >= 15 is 0 Å². The van der Waals surface area contributed by atoms with Crippen LogP contribution in [0, 0.1) is 6.92 Å². The lowest BCUT2D eigenvalue weighted by Gasteiger charge is -2.27. The van der Waals surface area contributed by atoms with Gasteiger partial charge in [0.25, 0.3) is 0 Å².